The second-order valence-corrected chi connectivity index (χ2v) is 6.94. The molecule has 0 spiro atoms. The van der Waals surface area contributed by atoms with Gasteiger partial charge in [0.1, 0.15) is 5.76 Å². The van der Waals surface area contributed by atoms with Gasteiger partial charge in [-0.1, -0.05) is 0 Å². The van der Waals surface area contributed by atoms with Crippen molar-refractivity contribution in [3.63, 3.8) is 0 Å². The van der Waals surface area contributed by atoms with Crippen LogP contribution >= 0.6 is 15.9 Å². The maximum Gasteiger partial charge on any atom is 0.282 e. The lowest BCUT2D eigenvalue weighted by Gasteiger charge is -2.30. The van der Waals surface area contributed by atoms with Crippen LogP contribution in [0.2, 0.25) is 0 Å². The largest absolute Gasteiger partial charge is 0.453 e. The minimum absolute atomic E-state index is 0.234. The zero-order valence-corrected chi connectivity index (χ0v) is 12.5. The number of rotatable bonds is 4. The van der Waals surface area contributed by atoms with Crippen LogP contribution in [0.3, 0.4) is 0 Å². The van der Waals surface area contributed by atoms with Crippen molar-refractivity contribution in [1.29, 1.82) is 0 Å². The standard InChI is InChI=1S/C10H16BrN3O3S/c1-13(8-9-2-3-10(11)17-9)18(15,16)14-6-4-12-5-7-14/h2-3,12H,4-8H2,1H3. The lowest BCUT2D eigenvalue weighted by atomic mass is 10.4. The summed E-state index contributed by atoms with van der Waals surface area (Å²) in [4.78, 5) is 0. The molecular formula is C10H16BrN3O3S. The number of hydrogen-bond donors (Lipinski definition) is 1. The molecule has 1 aliphatic heterocycles. The maximum atomic E-state index is 12.3. The SMILES string of the molecule is CN(Cc1ccc(Br)o1)S(=O)(=O)N1CCNCC1. The Bertz CT molecular complexity index is 496. The van der Waals surface area contributed by atoms with Gasteiger partial charge in [-0.2, -0.15) is 17.0 Å². The highest BCUT2D eigenvalue weighted by Gasteiger charge is 2.28. The van der Waals surface area contributed by atoms with E-state index in [1.165, 1.54) is 8.61 Å². The van der Waals surface area contributed by atoms with Gasteiger partial charge in [-0.3, -0.25) is 0 Å². The second-order valence-electron chi connectivity index (χ2n) is 4.12. The predicted molar refractivity (Wildman–Crippen MR) is 71.2 cm³/mol. The van der Waals surface area contributed by atoms with Crippen molar-refractivity contribution in [1.82, 2.24) is 13.9 Å². The van der Waals surface area contributed by atoms with Crippen LogP contribution in [0.25, 0.3) is 0 Å². The molecule has 1 N–H and O–H groups in total. The molecule has 0 bridgehead atoms. The zero-order chi connectivity index (χ0) is 13.2. The van der Waals surface area contributed by atoms with Crippen LogP contribution in [0.4, 0.5) is 0 Å². The summed E-state index contributed by atoms with van der Waals surface area (Å²) in [7, 11) is -1.84. The van der Waals surface area contributed by atoms with Crippen LogP contribution in [-0.2, 0) is 16.8 Å². The summed E-state index contributed by atoms with van der Waals surface area (Å²) in [6.45, 7) is 2.64. The Morgan fingerprint density at radius 1 is 1.44 bits per heavy atom. The Morgan fingerprint density at radius 2 is 2.11 bits per heavy atom. The molecule has 8 heteroatoms. The maximum absolute atomic E-state index is 12.3. The third-order valence-electron chi connectivity index (χ3n) is 2.80. The van der Waals surface area contributed by atoms with Crippen molar-refractivity contribution < 1.29 is 12.8 Å². The number of nitrogens with zero attached hydrogens (tertiary/aromatic N) is 2. The van der Waals surface area contributed by atoms with Crippen molar-refractivity contribution in [2.45, 2.75) is 6.54 Å². The molecule has 6 nitrogen and oxygen atoms in total. The molecule has 102 valence electrons. The monoisotopic (exact) mass is 337 g/mol. The number of piperazine rings is 1. The Hall–Kier alpha value is -0.410. The summed E-state index contributed by atoms with van der Waals surface area (Å²) in [5.41, 5.74) is 0. The lowest BCUT2D eigenvalue weighted by Crippen LogP contribution is -2.50. The van der Waals surface area contributed by atoms with Crippen molar-refractivity contribution >= 4 is 26.1 Å². The normalized spacial score (nSPS) is 18.4. The van der Waals surface area contributed by atoms with E-state index in [0.717, 1.165) is 0 Å². The van der Waals surface area contributed by atoms with Crippen LogP contribution in [-0.4, -0.2) is 50.3 Å². The van der Waals surface area contributed by atoms with Gasteiger partial charge in [0, 0.05) is 33.2 Å². The molecular weight excluding hydrogens is 322 g/mol. The summed E-state index contributed by atoms with van der Waals surface area (Å²) in [5.74, 6) is 0.614. The zero-order valence-electron chi connectivity index (χ0n) is 10.1. The van der Waals surface area contributed by atoms with Gasteiger partial charge < -0.3 is 9.73 Å². The fraction of sp³-hybridized carbons (Fsp3) is 0.600. The van der Waals surface area contributed by atoms with Gasteiger partial charge in [-0.15, -0.1) is 0 Å². The molecule has 0 radical (unpaired) electrons. The molecule has 1 fully saturated rings. The molecule has 1 aliphatic rings. The lowest BCUT2D eigenvalue weighted by molar-refractivity contribution is 0.315. The van der Waals surface area contributed by atoms with Crippen LogP contribution in [0.5, 0.6) is 0 Å². The fourth-order valence-electron chi connectivity index (χ4n) is 1.81. The van der Waals surface area contributed by atoms with Crippen LogP contribution in [0.1, 0.15) is 5.76 Å². The first-order valence-electron chi connectivity index (χ1n) is 5.66. The van der Waals surface area contributed by atoms with Gasteiger partial charge in [0.25, 0.3) is 10.2 Å². The van der Waals surface area contributed by atoms with Crippen LogP contribution < -0.4 is 5.32 Å². The average molecular weight is 338 g/mol. The molecule has 0 amide bonds. The smallest absolute Gasteiger partial charge is 0.282 e. The molecule has 0 aromatic carbocycles. The van der Waals surface area contributed by atoms with E-state index in [9.17, 15) is 8.42 Å². The fourth-order valence-corrected chi connectivity index (χ4v) is 3.48. The molecule has 18 heavy (non-hydrogen) atoms. The van der Waals surface area contributed by atoms with Gasteiger partial charge in [-0.25, -0.2) is 0 Å². The van der Waals surface area contributed by atoms with Crippen molar-refractivity contribution in [2.24, 2.45) is 0 Å². The van der Waals surface area contributed by atoms with E-state index < -0.39 is 10.2 Å². The summed E-state index contributed by atoms with van der Waals surface area (Å²) < 4.78 is 33.3. The molecule has 0 saturated carbocycles. The molecule has 2 heterocycles. The van der Waals surface area contributed by atoms with E-state index in [4.69, 9.17) is 4.42 Å². The summed E-state index contributed by atoms with van der Waals surface area (Å²) in [5, 5.41) is 3.13. The Morgan fingerprint density at radius 3 is 2.67 bits per heavy atom. The Kier molecular flexibility index (Phi) is 4.44. The predicted octanol–water partition coefficient (Wildman–Crippen LogP) is 0.624. The van der Waals surface area contributed by atoms with Crippen molar-refractivity contribution in [2.75, 3.05) is 33.2 Å². The van der Waals surface area contributed by atoms with Crippen molar-refractivity contribution in [3.8, 4) is 0 Å². The van der Waals surface area contributed by atoms with E-state index in [1.54, 1.807) is 19.2 Å². The van der Waals surface area contributed by atoms with Gasteiger partial charge >= 0.3 is 0 Å². The highest BCUT2D eigenvalue weighted by molar-refractivity contribution is 9.10. The number of furan rings is 1. The number of nitrogens with one attached hydrogen (secondary N) is 1. The molecule has 2 rings (SSSR count). The molecule has 0 unspecified atom stereocenters. The number of halogens is 1. The first-order valence-corrected chi connectivity index (χ1v) is 7.85. The van der Waals surface area contributed by atoms with E-state index in [0.29, 0.717) is 36.6 Å². The van der Waals surface area contributed by atoms with Crippen LogP contribution in [0, 0.1) is 0 Å². The molecule has 0 aliphatic carbocycles. The second kappa shape index (κ2) is 5.70. The summed E-state index contributed by atoms with van der Waals surface area (Å²) in [6.07, 6.45) is 0. The molecule has 1 aromatic heterocycles. The minimum atomic E-state index is -3.40. The van der Waals surface area contributed by atoms with Gasteiger partial charge in [0.15, 0.2) is 4.67 Å². The third kappa shape index (κ3) is 3.12. The molecule has 1 saturated heterocycles. The highest BCUT2D eigenvalue weighted by atomic mass is 79.9. The average Bonchev–Trinajstić information content (AvgIpc) is 2.76. The quantitative estimate of drug-likeness (QED) is 0.874. The Balaban J connectivity index is 2.04. The van der Waals surface area contributed by atoms with Crippen molar-refractivity contribution in [3.05, 3.63) is 22.6 Å². The van der Waals surface area contributed by atoms with E-state index in [2.05, 4.69) is 21.2 Å². The van der Waals surface area contributed by atoms with E-state index in [-0.39, 0.29) is 6.54 Å². The highest BCUT2D eigenvalue weighted by Crippen LogP contribution is 2.17. The summed E-state index contributed by atoms with van der Waals surface area (Å²) >= 11 is 3.20. The van der Waals surface area contributed by atoms with E-state index in [1.807, 2.05) is 0 Å². The summed E-state index contributed by atoms with van der Waals surface area (Å²) in [6, 6.07) is 3.51. The Labute approximate surface area is 115 Å². The van der Waals surface area contributed by atoms with Gasteiger partial charge in [0.05, 0.1) is 6.54 Å². The first-order chi connectivity index (χ1) is 8.50. The first kappa shape index (κ1) is 14.0. The molecule has 1 aromatic rings. The topological polar surface area (TPSA) is 65.8 Å². The van der Waals surface area contributed by atoms with Gasteiger partial charge in [-0.05, 0) is 28.1 Å². The van der Waals surface area contributed by atoms with Crippen LogP contribution in [0.15, 0.2) is 21.2 Å². The number of hydrogen-bond acceptors (Lipinski definition) is 4. The molecule has 0 atom stereocenters. The minimum Gasteiger partial charge on any atom is -0.453 e. The van der Waals surface area contributed by atoms with E-state index >= 15 is 0 Å². The van der Waals surface area contributed by atoms with Gasteiger partial charge in [0.2, 0.25) is 0 Å². The third-order valence-corrected chi connectivity index (χ3v) is 5.16.